The number of amides is 1. The van der Waals surface area contributed by atoms with E-state index in [0.29, 0.717) is 0 Å². The van der Waals surface area contributed by atoms with Crippen LogP contribution in [0.4, 0.5) is 0 Å². The van der Waals surface area contributed by atoms with Crippen LogP contribution in [0.25, 0.3) is 0 Å². The number of rotatable bonds is 0. The monoisotopic (exact) mass is 124 g/mol. The van der Waals surface area contributed by atoms with Crippen molar-refractivity contribution in [1.82, 2.24) is 5.32 Å². The first kappa shape index (κ1) is 10.6. The molecule has 0 rings (SSSR count). The predicted molar refractivity (Wildman–Crippen MR) is 20.5 cm³/mol. The van der Waals surface area contributed by atoms with E-state index in [1.54, 1.807) is 0 Å². The van der Waals surface area contributed by atoms with Crippen LogP contribution in [-0.4, -0.2) is 5.91 Å². The van der Waals surface area contributed by atoms with Gasteiger partial charge in [0.05, 0.1) is 0 Å². The Morgan fingerprint density at radius 3 is 2.43 bits per heavy atom. The molecule has 0 aliphatic heterocycles. The number of nitrogens with zero attached hydrogens (tertiary/aromatic N) is 1. The van der Waals surface area contributed by atoms with E-state index >= 15 is 0 Å². The van der Waals surface area contributed by atoms with E-state index in [2.05, 4.69) is 0 Å². The van der Waals surface area contributed by atoms with Crippen molar-refractivity contribution in [1.29, 1.82) is 5.26 Å². The van der Waals surface area contributed by atoms with Crippen molar-refractivity contribution >= 4 is 5.91 Å². The van der Waals surface area contributed by atoms with Gasteiger partial charge in [-0.05, 0) is 0 Å². The minimum Gasteiger partial charge on any atom is -1.00 e. The Bertz CT molecular complexity index is 99.9. The summed E-state index contributed by atoms with van der Waals surface area (Å²) in [6.07, 6.45) is 1.47. The van der Waals surface area contributed by atoms with Gasteiger partial charge < -0.3 is 1.43 Å². The summed E-state index contributed by atoms with van der Waals surface area (Å²) in [5, 5.41) is 9.53. The van der Waals surface area contributed by atoms with E-state index in [-0.39, 0.29) is 58.7 Å². The molecular formula is C3H5KN2O. The van der Waals surface area contributed by atoms with Crippen LogP contribution in [0.2, 0.25) is 0 Å². The third kappa shape index (κ3) is 10.8. The van der Waals surface area contributed by atoms with Crippen LogP contribution in [0.3, 0.4) is 0 Å². The van der Waals surface area contributed by atoms with Gasteiger partial charge in [-0.15, -0.1) is 0 Å². The van der Waals surface area contributed by atoms with Gasteiger partial charge in [0.15, 0.2) is 6.19 Å². The average molecular weight is 124 g/mol. The number of hydrogen-bond acceptors (Lipinski definition) is 2. The number of nitrogens with one attached hydrogen (secondary N) is 1. The zero-order valence-corrected chi connectivity index (χ0v) is 7.48. The molecule has 0 bridgehead atoms. The molecule has 0 radical (unpaired) electrons. The van der Waals surface area contributed by atoms with Gasteiger partial charge in [-0.1, -0.05) is 0 Å². The van der Waals surface area contributed by atoms with E-state index in [4.69, 9.17) is 5.26 Å². The molecule has 0 aliphatic carbocycles. The summed E-state index contributed by atoms with van der Waals surface area (Å²) in [6, 6.07) is 0. The summed E-state index contributed by atoms with van der Waals surface area (Å²) in [4.78, 5) is 9.71. The number of carbonyl (C=O) groups is 1. The summed E-state index contributed by atoms with van der Waals surface area (Å²) in [5.74, 6) is -0.322. The Morgan fingerprint density at radius 2 is 2.43 bits per heavy atom. The second-order valence-corrected chi connectivity index (χ2v) is 0.793. The molecule has 7 heavy (non-hydrogen) atoms. The maximum Gasteiger partial charge on any atom is 1.00 e. The Labute approximate surface area is 86.0 Å². The predicted octanol–water partition coefficient (Wildman–Crippen LogP) is -3.28. The summed E-state index contributed by atoms with van der Waals surface area (Å²) >= 11 is 0. The van der Waals surface area contributed by atoms with Crippen molar-refractivity contribution in [3.8, 4) is 6.19 Å². The quantitative estimate of drug-likeness (QED) is 0.209. The molecule has 34 valence electrons. The van der Waals surface area contributed by atoms with Gasteiger partial charge in [0.1, 0.15) is 0 Å². The molecule has 0 fully saturated rings. The SMILES string of the molecule is CC(=O)NC#N.[H-].[K+]. The van der Waals surface area contributed by atoms with Crippen molar-refractivity contribution in [3.63, 3.8) is 0 Å². The van der Waals surface area contributed by atoms with Crippen molar-refractivity contribution in [2.45, 2.75) is 6.92 Å². The molecule has 1 N–H and O–H groups in total. The molecule has 1 amide bonds. The summed E-state index contributed by atoms with van der Waals surface area (Å²) in [7, 11) is 0. The zero-order valence-electron chi connectivity index (χ0n) is 5.36. The number of carbonyl (C=O) groups excluding carboxylic acids is 1. The summed E-state index contributed by atoms with van der Waals surface area (Å²) < 4.78 is 0. The number of nitriles is 1. The first-order valence-corrected chi connectivity index (χ1v) is 1.43. The van der Waals surface area contributed by atoms with Gasteiger partial charge in [-0.25, -0.2) is 0 Å². The molecule has 0 aromatic rings. The van der Waals surface area contributed by atoms with Crippen molar-refractivity contribution in [2.75, 3.05) is 0 Å². The Morgan fingerprint density at radius 1 is 2.00 bits per heavy atom. The van der Waals surface area contributed by atoms with E-state index < -0.39 is 0 Å². The van der Waals surface area contributed by atoms with Crippen LogP contribution < -0.4 is 56.7 Å². The summed E-state index contributed by atoms with van der Waals surface area (Å²) in [6.45, 7) is 1.28. The van der Waals surface area contributed by atoms with Gasteiger partial charge in [0, 0.05) is 6.92 Å². The smallest absolute Gasteiger partial charge is 1.00 e. The van der Waals surface area contributed by atoms with E-state index in [1.165, 1.54) is 13.1 Å². The fourth-order valence-electron chi connectivity index (χ4n) is 0.0787. The second kappa shape index (κ2) is 6.60. The van der Waals surface area contributed by atoms with Crippen LogP contribution in [0.15, 0.2) is 0 Å². The van der Waals surface area contributed by atoms with Crippen LogP contribution >= 0.6 is 0 Å². The molecule has 0 saturated heterocycles. The molecule has 0 saturated carbocycles. The maximum absolute atomic E-state index is 9.71. The molecular weight excluding hydrogens is 119 g/mol. The van der Waals surface area contributed by atoms with Crippen LogP contribution in [0.5, 0.6) is 0 Å². The van der Waals surface area contributed by atoms with E-state index in [0.717, 1.165) is 0 Å². The molecule has 0 aromatic carbocycles. The second-order valence-electron chi connectivity index (χ2n) is 0.793. The maximum atomic E-state index is 9.71. The fraction of sp³-hybridized carbons (Fsp3) is 0.333. The Balaban J connectivity index is -0.000000125. The third-order valence-corrected chi connectivity index (χ3v) is 0.232. The van der Waals surface area contributed by atoms with Crippen LogP contribution in [-0.2, 0) is 4.79 Å². The molecule has 0 unspecified atom stereocenters. The Kier molecular flexibility index (Phi) is 9.95. The van der Waals surface area contributed by atoms with Gasteiger partial charge >= 0.3 is 51.4 Å². The van der Waals surface area contributed by atoms with E-state index in [9.17, 15) is 4.79 Å². The van der Waals surface area contributed by atoms with Crippen molar-refractivity contribution < 1.29 is 57.6 Å². The minimum atomic E-state index is -0.322. The van der Waals surface area contributed by atoms with Gasteiger partial charge in [0.25, 0.3) is 0 Å². The largest absolute Gasteiger partial charge is 1.00 e. The first-order valence-electron chi connectivity index (χ1n) is 1.43. The van der Waals surface area contributed by atoms with Crippen molar-refractivity contribution in [2.24, 2.45) is 0 Å². The van der Waals surface area contributed by atoms with E-state index in [1.807, 2.05) is 5.32 Å². The standard InChI is InChI=1S/C3H4N2O.K.H/c1-3(6)5-2-4;;/h1H3,(H,5,6);;/q;+1;-1. The molecule has 4 heteroatoms. The van der Waals surface area contributed by atoms with Crippen molar-refractivity contribution in [3.05, 3.63) is 0 Å². The fourth-order valence-corrected chi connectivity index (χ4v) is 0.0787. The summed E-state index contributed by atoms with van der Waals surface area (Å²) in [5.41, 5.74) is 0. The first-order chi connectivity index (χ1) is 2.77. The van der Waals surface area contributed by atoms with Gasteiger partial charge in [-0.3, -0.25) is 10.1 Å². The third-order valence-electron chi connectivity index (χ3n) is 0.232. The molecule has 0 aliphatic rings. The van der Waals surface area contributed by atoms with Gasteiger partial charge in [-0.2, -0.15) is 5.26 Å². The minimum absolute atomic E-state index is 0. The molecule has 0 aromatic heterocycles. The van der Waals surface area contributed by atoms with Gasteiger partial charge in [0.2, 0.25) is 5.91 Å². The molecule has 0 heterocycles. The van der Waals surface area contributed by atoms with Crippen LogP contribution in [0, 0.1) is 11.5 Å². The normalized spacial score (nSPS) is 5.14. The average Bonchev–Trinajstić information content (AvgIpc) is 1.35. The number of hydrogen-bond donors (Lipinski definition) is 1. The topological polar surface area (TPSA) is 52.9 Å². The molecule has 0 spiro atoms. The van der Waals surface area contributed by atoms with Crippen LogP contribution in [0.1, 0.15) is 8.35 Å². The molecule has 3 nitrogen and oxygen atoms in total. The molecule has 0 atom stereocenters. The Hall–Kier alpha value is 0.596. The zero-order chi connectivity index (χ0) is 4.99.